The lowest BCUT2D eigenvalue weighted by molar-refractivity contribution is -0.167. The Hall–Kier alpha value is -4.44. The normalized spacial score (nSPS) is 21.6. The number of nitrogens with zero attached hydrogens (tertiary/aromatic N) is 5. The van der Waals surface area contributed by atoms with Crippen LogP contribution in [0.1, 0.15) is 49.1 Å². The minimum atomic E-state index is -0.736. The zero-order valence-electron chi connectivity index (χ0n) is 28.1. The summed E-state index contributed by atoms with van der Waals surface area (Å²) in [6.07, 6.45) is 8.31. The summed E-state index contributed by atoms with van der Waals surface area (Å²) in [5.41, 5.74) is 15.7. The standard InChI is InChI=1S/C38H49N7O3/c1-28-21-35(41-48-28)38(14-19-44(20-15-38)31(23-39)22-33(40)32-9-5-6-10-34(32)46)36(47)45-26-37(27-45)24-42(25-37)16-11-29-12-17-43(18-13-29)30-7-3-2-4-8-30/h2-10,21-23,29,46H,11-20,24-27,39-40H2,1H3/b31-23+,33-22-. The lowest BCUT2D eigenvalue weighted by Gasteiger charge is -2.61. The van der Waals surface area contributed by atoms with E-state index in [-0.39, 0.29) is 17.1 Å². The summed E-state index contributed by atoms with van der Waals surface area (Å²) < 4.78 is 5.50. The van der Waals surface area contributed by atoms with Crippen molar-refractivity contribution >= 4 is 17.3 Å². The molecule has 0 bridgehead atoms. The number of aromatic nitrogens is 1. The van der Waals surface area contributed by atoms with Crippen molar-refractivity contribution in [3.8, 4) is 5.75 Å². The quantitative estimate of drug-likeness (QED) is 0.291. The first-order valence-corrected chi connectivity index (χ1v) is 17.5. The number of anilines is 1. The third kappa shape index (κ3) is 6.25. The van der Waals surface area contributed by atoms with Gasteiger partial charge in [0.2, 0.25) is 5.91 Å². The van der Waals surface area contributed by atoms with Gasteiger partial charge in [-0.2, -0.15) is 0 Å². The van der Waals surface area contributed by atoms with Gasteiger partial charge in [-0.1, -0.05) is 35.5 Å². The van der Waals surface area contributed by atoms with E-state index < -0.39 is 5.41 Å². The lowest BCUT2D eigenvalue weighted by atomic mass is 9.68. The number of phenols is 1. The molecule has 0 saturated carbocycles. The van der Waals surface area contributed by atoms with Gasteiger partial charge in [0.25, 0.3) is 0 Å². The maximum absolute atomic E-state index is 14.3. The minimum Gasteiger partial charge on any atom is -0.507 e. The third-order valence-electron chi connectivity index (χ3n) is 11.2. The molecule has 1 spiro atoms. The van der Waals surface area contributed by atoms with E-state index in [0.717, 1.165) is 63.1 Å². The summed E-state index contributed by atoms with van der Waals surface area (Å²) in [7, 11) is 0. The van der Waals surface area contributed by atoms with Gasteiger partial charge in [0.15, 0.2) is 0 Å². The highest BCUT2D eigenvalue weighted by molar-refractivity contribution is 5.89. The first kappa shape index (κ1) is 32.1. The van der Waals surface area contributed by atoms with Crippen LogP contribution < -0.4 is 16.4 Å². The van der Waals surface area contributed by atoms with Crippen molar-refractivity contribution in [1.82, 2.24) is 19.9 Å². The van der Waals surface area contributed by atoms with Gasteiger partial charge in [0.05, 0.1) is 16.8 Å². The molecular formula is C38H49N7O3. The molecule has 1 amide bonds. The number of carbonyl (C=O) groups excluding carboxylic acids is 1. The van der Waals surface area contributed by atoms with Gasteiger partial charge in [-0.25, -0.2) is 0 Å². The summed E-state index contributed by atoms with van der Waals surface area (Å²) >= 11 is 0. The van der Waals surface area contributed by atoms with Crippen LogP contribution in [-0.4, -0.2) is 89.8 Å². The van der Waals surface area contributed by atoms with Gasteiger partial charge in [0.1, 0.15) is 11.5 Å². The van der Waals surface area contributed by atoms with Gasteiger partial charge in [-0.15, -0.1) is 0 Å². The lowest BCUT2D eigenvalue weighted by Crippen LogP contribution is -2.74. The summed E-state index contributed by atoms with van der Waals surface area (Å²) in [5, 5.41) is 14.6. The third-order valence-corrected chi connectivity index (χ3v) is 11.2. The van der Waals surface area contributed by atoms with E-state index in [1.54, 1.807) is 24.3 Å². The Kier molecular flexibility index (Phi) is 8.85. The maximum atomic E-state index is 14.3. The van der Waals surface area contributed by atoms with Crippen LogP contribution in [0.25, 0.3) is 5.70 Å². The number of allylic oxidation sites excluding steroid dienone is 1. The van der Waals surface area contributed by atoms with Crippen molar-refractivity contribution in [2.24, 2.45) is 22.8 Å². The molecule has 0 atom stereocenters. The Morgan fingerprint density at radius 2 is 1.67 bits per heavy atom. The van der Waals surface area contributed by atoms with Crippen molar-refractivity contribution in [1.29, 1.82) is 0 Å². The second kappa shape index (κ2) is 13.2. The van der Waals surface area contributed by atoms with Gasteiger partial charge < -0.3 is 40.7 Å². The first-order valence-electron chi connectivity index (χ1n) is 17.5. The van der Waals surface area contributed by atoms with Gasteiger partial charge in [0, 0.05) is 87.0 Å². The van der Waals surface area contributed by atoms with Crippen molar-refractivity contribution in [3.63, 3.8) is 0 Å². The van der Waals surface area contributed by atoms with Crippen molar-refractivity contribution in [2.45, 2.75) is 44.4 Å². The van der Waals surface area contributed by atoms with Gasteiger partial charge in [-0.05, 0) is 81.8 Å². The Morgan fingerprint density at radius 1 is 0.979 bits per heavy atom. The Labute approximate surface area is 283 Å². The summed E-state index contributed by atoms with van der Waals surface area (Å²) in [6, 6.07) is 19.7. The monoisotopic (exact) mass is 651 g/mol. The minimum absolute atomic E-state index is 0.119. The highest BCUT2D eigenvalue weighted by Crippen LogP contribution is 2.45. The molecule has 4 aliphatic heterocycles. The number of hydrogen-bond donors (Lipinski definition) is 3. The average molecular weight is 652 g/mol. The van der Waals surface area contributed by atoms with Crippen LogP contribution >= 0.6 is 0 Å². The number of aryl methyl sites for hydroxylation is 1. The molecule has 254 valence electrons. The van der Waals surface area contributed by atoms with E-state index in [1.165, 1.54) is 31.1 Å². The number of rotatable bonds is 9. The molecule has 0 aliphatic carbocycles. The zero-order valence-corrected chi connectivity index (χ0v) is 28.1. The van der Waals surface area contributed by atoms with Crippen LogP contribution in [0, 0.1) is 18.3 Å². The number of carbonyl (C=O) groups is 1. The number of para-hydroxylation sites is 2. The van der Waals surface area contributed by atoms with E-state index in [2.05, 4.69) is 55.1 Å². The van der Waals surface area contributed by atoms with E-state index in [0.29, 0.717) is 43.0 Å². The molecule has 10 nitrogen and oxygen atoms in total. The molecule has 1 aromatic heterocycles. The molecule has 5 N–H and O–H groups in total. The SMILES string of the molecule is Cc1cc(C2(C(=O)N3CC4(CN(CCC5CCN(c6ccccc6)CC5)C4)C3)CCN(C(/C=C(\N)c3ccccc3O)=C/N)CC2)no1. The van der Waals surface area contributed by atoms with Crippen LogP contribution in [0.3, 0.4) is 0 Å². The fourth-order valence-corrected chi connectivity index (χ4v) is 8.47. The highest BCUT2D eigenvalue weighted by atomic mass is 16.5. The number of benzene rings is 2. The fourth-order valence-electron chi connectivity index (χ4n) is 8.47. The summed E-state index contributed by atoms with van der Waals surface area (Å²) in [4.78, 5) is 23.7. The molecule has 7 rings (SSSR count). The molecule has 4 saturated heterocycles. The van der Waals surface area contributed by atoms with Crippen molar-refractivity contribution in [3.05, 3.63) is 95.7 Å². The number of amides is 1. The van der Waals surface area contributed by atoms with Crippen molar-refractivity contribution in [2.75, 3.05) is 63.8 Å². The molecule has 10 heteroatoms. The number of hydrogen-bond acceptors (Lipinski definition) is 9. The molecule has 5 heterocycles. The number of phenolic OH excluding ortho intramolecular Hbond substituents is 1. The Balaban J connectivity index is 0.923. The number of piperidine rings is 2. The Morgan fingerprint density at radius 3 is 2.31 bits per heavy atom. The van der Waals surface area contributed by atoms with E-state index in [9.17, 15) is 9.90 Å². The van der Waals surface area contributed by atoms with Gasteiger partial charge >= 0.3 is 0 Å². The Bertz CT molecular complexity index is 1640. The number of nitrogens with two attached hydrogens (primary N) is 2. The summed E-state index contributed by atoms with van der Waals surface area (Å²) in [5.74, 6) is 1.78. The smallest absolute Gasteiger partial charge is 0.235 e. The molecule has 0 radical (unpaired) electrons. The predicted octanol–water partition coefficient (Wildman–Crippen LogP) is 4.27. The summed E-state index contributed by atoms with van der Waals surface area (Å²) in [6.45, 7) is 10.3. The second-order valence-corrected chi connectivity index (χ2v) is 14.5. The molecular weight excluding hydrogens is 602 g/mol. The largest absolute Gasteiger partial charge is 0.507 e. The van der Waals surface area contributed by atoms with Crippen LogP contribution in [0.2, 0.25) is 0 Å². The fraction of sp³-hybridized carbons (Fsp3) is 0.474. The first-order chi connectivity index (χ1) is 23.3. The maximum Gasteiger partial charge on any atom is 0.235 e. The van der Waals surface area contributed by atoms with Crippen LogP contribution in [0.5, 0.6) is 5.75 Å². The van der Waals surface area contributed by atoms with E-state index in [1.807, 2.05) is 19.1 Å². The molecule has 4 fully saturated rings. The zero-order chi connectivity index (χ0) is 33.3. The van der Waals surface area contributed by atoms with Crippen LogP contribution in [0.4, 0.5) is 5.69 Å². The van der Waals surface area contributed by atoms with Crippen molar-refractivity contribution < 1.29 is 14.4 Å². The molecule has 3 aromatic rings. The highest BCUT2D eigenvalue weighted by Gasteiger charge is 2.57. The van der Waals surface area contributed by atoms with E-state index >= 15 is 0 Å². The molecule has 4 aliphatic rings. The second-order valence-electron chi connectivity index (χ2n) is 14.5. The predicted molar refractivity (Wildman–Crippen MR) is 188 cm³/mol. The van der Waals surface area contributed by atoms with Crippen LogP contribution in [0.15, 0.2) is 83.2 Å². The molecule has 2 aromatic carbocycles. The average Bonchev–Trinajstić information content (AvgIpc) is 3.53. The molecule has 0 unspecified atom stereocenters. The van der Waals surface area contributed by atoms with E-state index in [4.69, 9.17) is 16.0 Å². The number of aromatic hydroxyl groups is 1. The van der Waals surface area contributed by atoms with Crippen LogP contribution in [-0.2, 0) is 10.2 Å². The topological polar surface area (TPSA) is 128 Å². The van der Waals surface area contributed by atoms with Gasteiger partial charge in [-0.3, -0.25) is 4.79 Å². The molecule has 48 heavy (non-hydrogen) atoms. The number of likely N-dealkylation sites (tertiary alicyclic amines) is 3.